The average Bonchev–Trinajstić information content (AvgIpc) is 3.37. The number of hydrogen-bond donors (Lipinski definition) is 1. The Balaban J connectivity index is 1.14. The van der Waals surface area contributed by atoms with Crippen molar-refractivity contribution in [2.45, 2.75) is 19.3 Å². The molecule has 3 aromatic rings. The highest BCUT2D eigenvalue weighted by Gasteiger charge is 2.21. The Morgan fingerprint density at radius 3 is 2.47 bits per heavy atom. The number of carbonyl (C=O) groups is 2. The molecule has 1 aromatic heterocycles. The number of anilines is 1. The number of aryl methyl sites for hydroxylation is 1. The number of amides is 2. The van der Waals surface area contributed by atoms with Gasteiger partial charge in [-0.15, -0.1) is 0 Å². The van der Waals surface area contributed by atoms with Crippen LogP contribution in [0.2, 0.25) is 0 Å². The second-order valence-corrected chi connectivity index (χ2v) is 8.07. The van der Waals surface area contributed by atoms with Crippen LogP contribution in [-0.4, -0.2) is 66.7 Å². The lowest BCUT2D eigenvalue weighted by molar-refractivity contribution is -0.133. The molecule has 0 atom stereocenters. The van der Waals surface area contributed by atoms with Crippen LogP contribution in [-0.2, 0) is 16.0 Å². The van der Waals surface area contributed by atoms with Crippen molar-refractivity contribution < 1.29 is 18.8 Å². The van der Waals surface area contributed by atoms with Crippen molar-refractivity contribution in [1.29, 1.82) is 0 Å². The number of nitrogens with one attached hydrogen (secondary N) is 1. The summed E-state index contributed by atoms with van der Waals surface area (Å²) < 4.78 is 10.4. The van der Waals surface area contributed by atoms with Crippen LogP contribution in [0.1, 0.15) is 18.7 Å². The maximum Gasteiger partial charge on any atom is 0.242 e. The van der Waals surface area contributed by atoms with E-state index in [-0.39, 0.29) is 24.8 Å². The van der Waals surface area contributed by atoms with E-state index in [2.05, 4.69) is 32.5 Å². The fraction of sp³-hybridized carbons (Fsp3) is 0.360. The molecule has 1 aliphatic heterocycles. The van der Waals surface area contributed by atoms with Crippen LogP contribution < -0.4 is 15.0 Å². The second-order valence-electron chi connectivity index (χ2n) is 8.07. The van der Waals surface area contributed by atoms with E-state index in [0.29, 0.717) is 37.6 Å². The van der Waals surface area contributed by atoms with Gasteiger partial charge < -0.3 is 24.4 Å². The lowest BCUT2D eigenvalue weighted by Gasteiger charge is -2.36. The molecular weight excluding hydrogens is 434 g/mol. The van der Waals surface area contributed by atoms with Gasteiger partial charge >= 0.3 is 0 Å². The third kappa shape index (κ3) is 6.12. The Kier molecular flexibility index (Phi) is 7.75. The second kappa shape index (κ2) is 11.3. The van der Waals surface area contributed by atoms with Gasteiger partial charge in [-0.3, -0.25) is 9.59 Å². The molecule has 2 aromatic carbocycles. The number of rotatable bonds is 9. The molecule has 1 saturated heterocycles. The summed E-state index contributed by atoms with van der Waals surface area (Å²) in [6.07, 6.45) is 1.33. The summed E-state index contributed by atoms with van der Waals surface area (Å²) >= 11 is 0. The molecule has 1 N–H and O–H groups in total. The van der Waals surface area contributed by atoms with Crippen LogP contribution in [0.4, 0.5) is 5.69 Å². The summed E-state index contributed by atoms with van der Waals surface area (Å²) in [4.78, 5) is 33.1. The van der Waals surface area contributed by atoms with Crippen molar-refractivity contribution >= 4 is 17.5 Å². The van der Waals surface area contributed by atoms with E-state index in [4.69, 9.17) is 9.26 Å². The number of para-hydroxylation sites is 1. The molecule has 2 heterocycles. The smallest absolute Gasteiger partial charge is 0.242 e. The lowest BCUT2D eigenvalue weighted by Crippen LogP contribution is -2.51. The molecule has 0 spiro atoms. The van der Waals surface area contributed by atoms with Crippen molar-refractivity contribution in [2.24, 2.45) is 0 Å². The quantitative estimate of drug-likeness (QED) is 0.520. The Morgan fingerprint density at radius 2 is 1.76 bits per heavy atom. The molecule has 178 valence electrons. The van der Waals surface area contributed by atoms with Crippen LogP contribution in [0.5, 0.6) is 5.75 Å². The Hall–Kier alpha value is -3.88. The van der Waals surface area contributed by atoms with E-state index < -0.39 is 0 Å². The lowest BCUT2D eigenvalue weighted by atomic mass is 10.2. The molecule has 0 bridgehead atoms. The van der Waals surface area contributed by atoms with Crippen molar-refractivity contribution in [1.82, 2.24) is 20.4 Å². The van der Waals surface area contributed by atoms with Crippen LogP contribution in [0.25, 0.3) is 11.4 Å². The van der Waals surface area contributed by atoms with Gasteiger partial charge in [-0.05, 0) is 42.8 Å². The van der Waals surface area contributed by atoms with Crippen molar-refractivity contribution in [2.75, 3.05) is 44.7 Å². The summed E-state index contributed by atoms with van der Waals surface area (Å²) in [7, 11) is 1.61. The minimum absolute atomic E-state index is 0.0202. The van der Waals surface area contributed by atoms with Crippen molar-refractivity contribution in [3.63, 3.8) is 0 Å². The van der Waals surface area contributed by atoms with Crippen LogP contribution in [0, 0.1) is 0 Å². The highest BCUT2D eigenvalue weighted by molar-refractivity contribution is 5.84. The molecule has 34 heavy (non-hydrogen) atoms. The molecule has 0 saturated carbocycles. The van der Waals surface area contributed by atoms with Gasteiger partial charge in [0.15, 0.2) is 0 Å². The van der Waals surface area contributed by atoms with E-state index in [9.17, 15) is 9.59 Å². The molecule has 2 amide bonds. The zero-order chi connectivity index (χ0) is 23.8. The zero-order valence-corrected chi connectivity index (χ0v) is 19.3. The molecule has 4 rings (SSSR count). The summed E-state index contributed by atoms with van der Waals surface area (Å²) in [5, 5.41) is 6.72. The first kappa shape index (κ1) is 23.3. The average molecular weight is 464 g/mol. The number of hydrogen-bond acceptors (Lipinski definition) is 7. The van der Waals surface area contributed by atoms with Crippen molar-refractivity contribution in [3.8, 4) is 17.1 Å². The summed E-state index contributed by atoms with van der Waals surface area (Å²) in [5.74, 6) is 1.52. The van der Waals surface area contributed by atoms with Crippen molar-refractivity contribution in [3.05, 3.63) is 60.5 Å². The normalized spacial score (nSPS) is 13.6. The number of methoxy groups -OCH3 is 1. The van der Waals surface area contributed by atoms with Gasteiger partial charge in [0.25, 0.3) is 0 Å². The van der Waals surface area contributed by atoms with Gasteiger partial charge in [-0.25, -0.2) is 0 Å². The minimum atomic E-state index is -0.161. The number of piperazine rings is 1. The number of carbonyl (C=O) groups excluding carboxylic acids is 2. The first-order valence-corrected chi connectivity index (χ1v) is 11.4. The molecule has 0 radical (unpaired) electrons. The number of nitrogens with zero attached hydrogens (tertiary/aromatic N) is 4. The molecule has 0 unspecified atom stereocenters. The molecule has 1 aliphatic rings. The van der Waals surface area contributed by atoms with Gasteiger partial charge in [0.2, 0.25) is 23.5 Å². The van der Waals surface area contributed by atoms with Gasteiger partial charge in [-0.2, -0.15) is 4.98 Å². The SMILES string of the molecule is COc1ccc(-c2noc(CCCC(=O)NCC(=O)N3CCN(c4ccccc4)CC3)n2)cc1. The molecular formula is C25H29N5O4. The Labute approximate surface area is 198 Å². The topological polar surface area (TPSA) is 101 Å². The fourth-order valence-electron chi connectivity index (χ4n) is 3.84. The summed E-state index contributed by atoms with van der Waals surface area (Å²) in [6, 6.07) is 17.6. The fourth-order valence-corrected chi connectivity index (χ4v) is 3.84. The number of aromatic nitrogens is 2. The maximum absolute atomic E-state index is 12.5. The van der Waals surface area contributed by atoms with Gasteiger partial charge in [-0.1, -0.05) is 23.4 Å². The van der Waals surface area contributed by atoms with Crippen LogP contribution >= 0.6 is 0 Å². The number of ether oxygens (including phenoxy) is 1. The minimum Gasteiger partial charge on any atom is -0.497 e. The summed E-state index contributed by atoms with van der Waals surface area (Å²) in [6.45, 7) is 2.89. The van der Waals surface area contributed by atoms with E-state index >= 15 is 0 Å². The van der Waals surface area contributed by atoms with E-state index in [0.717, 1.165) is 24.4 Å². The van der Waals surface area contributed by atoms with Gasteiger partial charge in [0.1, 0.15) is 5.75 Å². The van der Waals surface area contributed by atoms with Crippen LogP contribution in [0.15, 0.2) is 59.1 Å². The summed E-state index contributed by atoms with van der Waals surface area (Å²) in [5.41, 5.74) is 2.00. The van der Waals surface area contributed by atoms with E-state index in [1.807, 2.05) is 42.5 Å². The van der Waals surface area contributed by atoms with Gasteiger partial charge in [0.05, 0.1) is 13.7 Å². The molecule has 9 heteroatoms. The third-order valence-electron chi connectivity index (χ3n) is 5.80. The Morgan fingerprint density at radius 1 is 1.03 bits per heavy atom. The standard InChI is InChI=1S/C25H29N5O4/c1-33-21-12-10-19(11-13-21)25-27-23(34-28-25)9-5-8-22(31)26-18-24(32)30-16-14-29(15-17-30)20-6-3-2-4-7-20/h2-4,6-7,10-13H,5,8-9,14-18H2,1H3,(H,26,31). The predicted molar refractivity (Wildman–Crippen MR) is 127 cm³/mol. The molecule has 9 nitrogen and oxygen atoms in total. The predicted octanol–water partition coefficient (Wildman–Crippen LogP) is 2.53. The highest BCUT2D eigenvalue weighted by atomic mass is 16.5. The molecule has 0 aliphatic carbocycles. The number of benzene rings is 2. The van der Waals surface area contributed by atoms with Crippen LogP contribution in [0.3, 0.4) is 0 Å². The third-order valence-corrected chi connectivity index (χ3v) is 5.80. The first-order valence-electron chi connectivity index (χ1n) is 11.4. The monoisotopic (exact) mass is 463 g/mol. The molecule has 1 fully saturated rings. The first-order chi connectivity index (χ1) is 16.6. The Bertz CT molecular complexity index is 1080. The highest BCUT2D eigenvalue weighted by Crippen LogP contribution is 2.20. The zero-order valence-electron chi connectivity index (χ0n) is 19.3. The maximum atomic E-state index is 12.5. The van der Waals surface area contributed by atoms with E-state index in [1.54, 1.807) is 12.0 Å². The van der Waals surface area contributed by atoms with E-state index in [1.165, 1.54) is 5.69 Å². The van der Waals surface area contributed by atoms with Gasteiger partial charge in [0, 0.05) is 50.3 Å². The largest absolute Gasteiger partial charge is 0.497 e.